The van der Waals surface area contributed by atoms with Crippen LogP contribution in [0.2, 0.25) is 0 Å². The maximum Gasteiger partial charge on any atom is 0.407 e. The Morgan fingerprint density at radius 3 is 2.31 bits per heavy atom. The molecule has 0 aliphatic rings. The van der Waals surface area contributed by atoms with Gasteiger partial charge in [-0.1, -0.05) is 42.5 Å². The van der Waals surface area contributed by atoms with Crippen LogP contribution in [0.5, 0.6) is 5.75 Å². The number of amides is 1. The third-order valence-electron chi connectivity index (χ3n) is 3.41. The van der Waals surface area contributed by atoms with E-state index in [0.29, 0.717) is 36.4 Å². The van der Waals surface area contributed by atoms with Gasteiger partial charge in [-0.05, 0) is 39.3 Å². The first-order chi connectivity index (χ1) is 12.4. The van der Waals surface area contributed by atoms with Gasteiger partial charge >= 0.3 is 6.09 Å². The van der Waals surface area contributed by atoms with E-state index in [-0.39, 0.29) is 5.78 Å². The van der Waals surface area contributed by atoms with Crippen LogP contribution in [0, 0.1) is 0 Å². The molecule has 0 radical (unpaired) electrons. The van der Waals surface area contributed by atoms with Gasteiger partial charge in [0.05, 0.1) is 12.2 Å². The van der Waals surface area contributed by atoms with E-state index >= 15 is 0 Å². The van der Waals surface area contributed by atoms with Crippen LogP contribution in [0.25, 0.3) is 0 Å². The lowest BCUT2D eigenvalue weighted by Crippen LogP contribution is -2.33. The fourth-order valence-corrected chi connectivity index (χ4v) is 2.28. The molecular weight excluding hydrogens is 330 g/mol. The number of hydrogen-bond acceptors (Lipinski definition) is 4. The molecule has 0 fully saturated rings. The molecule has 1 N–H and O–H groups in total. The Hall–Kier alpha value is -2.82. The lowest BCUT2D eigenvalue weighted by molar-refractivity contribution is 0.0525. The Balaban J connectivity index is 1.85. The summed E-state index contributed by atoms with van der Waals surface area (Å²) in [5.41, 5.74) is 0.631. The van der Waals surface area contributed by atoms with Crippen LogP contribution in [0.3, 0.4) is 0 Å². The Labute approximate surface area is 154 Å². The summed E-state index contributed by atoms with van der Waals surface area (Å²) in [5.74, 6) is 0.465. The van der Waals surface area contributed by atoms with Crippen LogP contribution in [0.4, 0.5) is 4.79 Å². The summed E-state index contributed by atoms with van der Waals surface area (Å²) in [5, 5.41) is 2.68. The van der Waals surface area contributed by atoms with Crippen molar-refractivity contribution in [3.63, 3.8) is 0 Å². The summed E-state index contributed by atoms with van der Waals surface area (Å²) in [6, 6.07) is 16.3. The normalized spacial score (nSPS) is 10.9. The van der Waals surface area contributed by atoms with Crippen molar-refractivity contribution in [1.29, 1.82) is 0 Å². The molecule has 26 heavy (non-hydrogen) atoms. The SMILES string of the molecule is CC(C)(C)OC(=O)NCCCOc1ccccc1C(=O)c1ccccc1. The molecule has 0 aliphatic heterocycles. The fourth-order valence-electron chi connectivity index (χ4n) is 2.28. The summed E-state index contributed by atoms with van der Waals surface area (Å²) >= 11 is 0. The number of benzene rings is 2. The number of para-hydroxylation sites is 1. The van der Waals surface area contributed by atoms with Crippen molar-refractivity contribution < 1.29 is 19.1 Å². The van der Waals surface area contributed by atoms with Gasteiger partial charge < -0.3 is 14.8 Å². The van der Waals surface area contributed by atoms with Crippen molar-refractivity contribution in [2.45, 2.75) is 32.8 Å². The van der Waals surface area contributed by atoms with Gasteiger partial charge in [0.25, 0.3) is 0 Å². The predicted octanol–water partition coefficient (Wildman–Crippen LogP) is 4.21. The minimum atomic E-state index is -0.517. The Morgan fingerprint density at radius 1 is 0.962 bits per heavy atom. The molecule has 1 amide bonds. The van der Waals surface area contributed by atoms with Crippen molar-refractivity contribution in [2.24, 2.45) is 0 Å². The Kier molecular flexibility index (Phi) is 6.78. The zero-order valence-corrected chi connectivity index (χ0v) is 15.5. The molecule has 0 saturated heterocycles. The van der Waals surface area contributed by atoms with Gasteiger partial charge in [-0.25, -0.2) is 4.79 Å². The topological polar surface area (TPSA) is 64.6 Å². The third kappa shape index (κ3) is 6.24. The number of ketones is 1. The first kappa shape index (κ1) is 19.5. The molecule has 5 nitrogen and oxygen atoms in total. The summed E-state index contributed by atoms with van der Waals surface area (Å²) < 4.78 is 10.9. The molecule has 5 heteroatoms. The highest BCUT2D eigenvalue weighted by atomic mass is 16.6. The number of rotatable bonds is 7. The van der Waals surface area contributed by atoms with Gasteiger partial charge in [0.1, 0.15) is 11.4 Å². The highest BCUT2D eigenvalue weighted by molar-refractivity contribution is 6.10. The minimum absolute atomic E-state index is 0.0759. The molecular formula is C21H25NO4. The van der Waals surface area contributed by atoms with E-state index in [2.05, 4.69) is 5.32 Å². The van der Waals surface area contributed by atoms with E-state index < -0.39 is 11.7 Å². The van der Waals surface area contributed by atoms with Crippen LogP contribution >= 0.6 is 0 Å². The van der Waals surface area contributed by atoms with Crippen LogP contribution in [0.1, 0.15) is 43.1 Å². The lowest BCUT2D eigenvalue weighted by atomic mass is 10.0. The van der Waals surface area contributed by atoms with Crippen molar-refractivity contribution in [3.8, 4) is 5.75 Å². The molecule has 138 valence electrons. The Morgan fingerprint density at radius 2 is 1.62 bits per heavy atom. The van der Waals surface area contributed by atoms with E-state index in [1.807, 2.05) is 51.1 Å². The van der Waals surface area contributed by atoms with E-state index in [0.717, 1.165) is 0 Å². The second-order valence-electron chi connectivity index (χ2n) is 6.82. The van der Waals surface area contributed by atoms with Gasteiger partial charge in [0.15, 0.2) is 5.78 Å². The molecule has 0 heterocycles. The number of carbonyl (C=O) groups excluding carboxylic acids is 2. The quantitative estimate of drug-likeness (QED) is 0.597. The summed E-state index contributed by atoms with van der Waals surface area (Å²) in [6.07, 6.45) is 0.157. The molecule has 2 rings (SSSR count). The van der Waals surface area contributed by atoms with Crippen LogP contribution in [-0.4, -0.2) is 30.6 Å². The average Bonchev–Trinajstić information content (AvgIpc) is 2.60. The van der Waals surface area contributed by atoms with Crippen molar-refractivity contribution >= 4 is 11.9 Å². The number of ether oxygens (including phenoxy) is 2. The summed E-state index contributed by atoms with van der Waals surface area (Å²) in [4.78, 5) is 24.2. The van der Waals surface area contributed by atoms with Crippen molar-refractivity contribution in [3.05, 3.63) is 65.7 Å². The molecule has 2 aromatic carbocycles. The van der Waals surface area contributed by atoms with Gasteiger partial charge in [-0.2, -0.15) is 0 Å². The maximum absolute atomic E-state index is 12.6. The van der Waals surface area contributed by atoms with Crippen molar-refractivity contribution in [2.75, 3.05) is 13.2 Å². The highest BCUT2D eigenvalue weighted by Gasteiger charge is 2.16. The zero-order chi connectivity index (χ0) is 19.0. The van der Waals surface area contributed by atoms with E-state index in [1.165, 1.54) is 0 Å². The molecule has 0 saturated carbocycles. The fraction of sp³-hybridized carbons (Fsp3) is 0.333. The number of hydrogen-bond donors (Lipinski definition) is 1. The first-order valence-electron chi connectivity index (χ1n) is 8.65. The second-order valence-corrected chi connectivity index (χ2v) is 6.82. The summed E-state index contributed by atoms with van der Waals surface area (Å²) in [6.45, 7) is 6.27. The minimum Gasteiger partial charge on any atom is -0.493 e. The van der Waals surface area contributed by atoms with Crippen LogP contribution < -0.4 is 10.1 Å². The van der Waals surface area contributed by atoms with Gasteiger partial charge in [0.2, 0.25) is 0 Å². The third-order valence-corrected chi connectivity index (χ3v) is 3.41. The largest absolute Gasteiger partial charge is 0.493 e. The monoisotopic (exact) mass is 355 g/mol. The first-order valence-corrected chi connectivity index (χ1v) is 8.65. The average molecular weight is 355 g/mol. The number of carbonyl (C=O) groups is 2. The molecule has 0 bridgehead atoms. The number of alkyl carbamates (subject to hydrolysis) is 1. The van der Waals surface area contributed by atoms with Gasteiger partial charge in [-0.3, -0.25) is 4.79 Å². The smallest absolute Gasteiger partial charge is 0.407 e. The van der Waals surface area contributed by atoms with Crippen LogP contribution in [0.15, 0.2) is 54.6 Å². The molecule has 0 atom stereocenters. The van der Waals surface area contributed by atoms with Crippen LogP contribution in [-0.2, 0) is 4.74 Å². The van der Waals surface area contributed by atoms with Crippen molar-refractivity contribution in [1.82, 2.24) is 5.32 Å². The second kappa shape index (κ2) is 9.04. The molecule has 0 aromatic heterocycles. The van der Waals surface area contributed by atoms with Gasteiger partial charge in [-0.15, -0.1) is 0 Å². The lowest BCUT2D eigenvalue weighted by Gasteiger charge is -2.19. The maximum atomic E-state index is 12.6. The van der Waals surface area contributed by atoms with Gasteiger partial charge in [0, 0.05) is 12.1 Å². The highest BCUT2D eigenvalue weighted by Crippen LogP contribution is 2.21. The zero-order valence-electron chi connectivity index (χ0n) is 15.5. The molecule has 0 aliphatic carbocycles. The molecule has 0 unspecified atom stereocenters. The van der Waals surface area contributed by atoms with E-state index in [1.54, 1.807) is 24.3 Å². The predicted molar refractivity (Wildman–Crippen MR) is 101 cm³/mol. The molecule has 0 spiro atoms. The Bertz CT molecular complexity index is 735. The van der Waals surface area contributed by atoms with E-state index in [9.17, 15) is 9.59 Å². The van der Waals surface area contributed by atoms with E-state index in [4.69, 9.17) is 9.47 Å². The molecule has 2 aromatic rings. The summed E-state index contributed by atoms with van der Waals surface area (Å²) in [7, 11) is 0. The number of nitrogens with one attached hydrogen (secondary N) is 1. The standard InChI is InChI=1S/C21H25NO4/c1-21(2,3)26-20(24)22-14-9-15-25-18-13-8-7-12-17(18)19(23)16-10-5-4-6-11-16/h4-8,10-13H,9,14-15H2,1-3H3,(H,22,24).